The van der Waals surface area contributed by atoms with E-state index in [1.807, 2.05) is 0 Å². The van der Waals surface area contributed by atoms with Crippen LogP contribution in [-0.2, 0) is 9.59 Å². The van der Waals surface area contributed by atoms with Crippen LogP contribution in [0.5, 0.6) is 5.75 Å². The van der Waals surface area contributed by atoms with Crippen molar-refractivity contribution in [2.24, 2.45) is 0 Å². The predicted molar refractivity (Wildman–Crippen MR) is 84.9 cm³/mol. The van der Waals surface area contributed by atoms with Gasteiger partial charge in [0.15, 0.2) is 0 Å². The molecule has 1 fully saturated rings. The lowest BCUT2D eigenvalue weighted by atomic mass is 10.2. The van der Waals surface area contributed by atoms with Gasteiger partial charge in [-0.2, -0.15) is 0 Å². The highest BCUT2D eigenvalue weighted by atomic mass is 16.5. The third kappa shape index (κ3) is 3.98. The fourth-order valence-electron chi connectivity index (χ4n) is 2.76. The van der Waals surface area contributed by atoms with E-state index in [1.165, 1.54) is 7.11 Å². The maximum Gasteiger partial charge on any atom is 0.313 e. The topological polar surface area (TPSA) is 70.7 Å². The molecule has 0 radical (unpaired) electrons. The zero-order valence-electron chi connectivity index (χ0n) is 13.1. The molecule has 1 aromatic carbocycles. The number of rotatable bonds is 5. The van der Waals surface area contributed by atoms with Crippen molar-refractivity contribution in [1.29, 1.82) is 0 Å². The van der Waals surface area contributed by atoms with Crippen molar-refractivity contribution in [3.8, 4) is 5.75 Å². The Labute approximate surface area is 130 Å². The number of hydrogen-bond donors (Lipinski definition) is 2. The average molecular weight is 305 g/mol. The quantitative estimate of drug-likeness (QED) is 0.803. The van der Waals surface area contributed by atoms with Crippen LogP contribution in [0.1, 0.15) is 19.8 Å². The number of amides is 2. The van der Waals surface area contributed by atoms with Crippen LogP contribution >= 0.6 is 0 Å². The van der Waals surface area contributed by atoms with Crippen molar-refractivity contribution in [2.45, 2.75) is 25.8 Å². The van der Waals surface area contributed by atoms with E-state index in [0.717, 1.165) is 25.9 Å². The van der Waals surface area contributed by atoms with Crippen LogP contribution in [-0.4, -0.2) is 49.5 Å². The minimum atomic E-state index is -0.675. The van der Waals surface area contributed by atoms with Crippen LogP contribution in [0.15, 0.2) is 24.3 Å². The molecule has 0 unspecified atom stereocenters. The Balaban J connectivity index is 1.86. The number of carbonyl (C=O) groups is 2. The SMILES string of the molecule is CCN1CCC[C@@H]1CNC(=O)C(=O)Nc1ccccc1OC. The van der Waals surface area contributed by atoms with E-state index in [2.05, 4.69) is 22.5 Å². The van der Waals surface area contributed by atoms with Gasteiger partial charge in [-0.25, -0.2) is 0 Å². The fraction of sp³-hybridized carbons (Fsp3) is 0.500. The molecule has 0 spiro atoms. The highest BCUT2D eigenvalue weighted by molar-refractivity contribution is 6.39. The summed E-state index contributed by atoms with van der Waals surface area (Å²) in [4.78, 5) is 26.2. The molecule has 0 aromatic heterocycles. The summed E-state index contributed by atoms with van der Waals surface area (Å²) < 4.78 is 5.14. The molecular formula is C16H23N3O3. The number of hydrogen-bond acceptors (Lipinski definition) is 4. The number of carbonyl (C=O) groups excluding carboxylic acids is 2. The van der Waals surface area contributed by atoms with Gasteiger partial charge in [0.05, 0.1) is 12.8 Å². The zero-order valence-corrected chi connectivity index (χ0v) is 13.1. The lowest BCUT2D eigenvalue weighted by Crippen LogP contribution is -2.43. The predicted octanol–water partition coefficient (Wildman–Crippen LogP) is 1.23. The Kier molecular flexibility index (Phi) is 5.77. The van der Waals surface area contributed by atoms with E-state index in [0.29, 0.717) is 24.0 Å². The number of likely N-dealkylation sites (tertiary alicyclic amines) is 1. The number of anilines is 1. The van der Waals surface area contributed by atoms with E-state index in [9.17, 15) is 9.59 Å². The molecule has 6 heteroatoms. The van der Waals surface area contributed by atoms with Gasteiger partial charge in [0.2, 0.25) is 0 Å². The van der Waals surface area contributed by atoms with E-state index >= 15 is 0 Å². The Hall–Kier alpha value is -2.08. The van der Waals surface area contributed by atoms with Crippen molar-refractivity contribution < 1.29 is 14.3 Å². The van der Waals surface area contributed by atoms with Crippen LogP contribution in [0, 0.1) is 0 Å². The highest BCUT2D eigenvalue weighted by Crippen LogP contribution is 2.22. The second-order valence-electron chi connectivity index (χ2n) is 5.29. The zero-order chi connectivity index (χ0) is 15.9. The van der Waals surface area contributed by atoms with E-state index in [4.69, 9.17) is 4.74 Å². The summed E-state index contributed by atoms with van der Waals surface area (Å²) in [7, 11) is 1.52. The Morgan fingerprint density at radius 3 is 2.82 bits per heavy atom. The van der Waals surface area contributed by atoms with Gasteiger partial charge in [-0.3, -0.25) is 14.5 Å². The number of benzene rings is 1. The smallest absolute Gasteiger partial charge is 0.313 e. The Bertz CT molecular complexity index is 533. The van der Waals surface area contributed by atoms with Crippen molar-refractivity contribution in [2.75, 3.05) is 32.1 Å². The molecule has 1 aliphatic rings. The van der Waals surface area contributed by atoms with Gasteiger partial charge in [-0.15, -0.1) is 0 Å². The molecule has 1 saturated heterocycles. The maximum absolute atomic E-state index is 11.9. The van der Waals surface area contributed by atoms with Gasteiger partial charge in [0.1, 0.15) is 5.75 Å². The van der Waals surface area contributed by atoms with Gasteiger partial charge >= 0.3 is 11.8 Å². The maximum atomic E-state index is 11.9. The van der Waals surface area contributed by atoms with E-state index in [1.54, 1.807) is 24.3 Å². The molecule has 1 heterocycles. The normalized spacial score (nSPS) is 18.0. The van der Waals surface area contributed by atoms with Crippen LogP contribution in [0.25, 0.3) is 0 Å². The molecule has 2 rings (SSSR count). The van der Waals surface area contributed by atoms with Crippen LogP contribution in [0.4, 0.5) is 5.69 Å². The van der Waals surface area contributed by atoms with E-state index in [-0.39, 0.29) is 0 Å². The molecular weight excluding hydrogens is 282 g/mol. The van der Waals surface area contributed by atoms with Crippen molar-refractivity contribution in [3.63, 3.8) is 0 Å². The van der Waals surface area contributed by atoms with Gasteiger partial charge in [-0.05, 0) is 38.1 Å². The third-order valence-corrected chi connectivity index (χ3v) is 3.96. The minimum Gasteiger partial charge on any atom is -0.495 e. The lowest BCUT2D eigenvalue weighted by Gasteiger charge is -2.22. The van der Waals surface area contributed by atoms with Gasteiger partial charge in [0.25, 0.3) is 0 Å². The van der Waals surface area contributed by atoms with Crippen LogP contribution in [0.2, 0.25) is 0 Å². The molecule has 6 nitrogen and oxygen atoms in total. The lowest BCUT2D eigenvalue weighted by molar-refractivity contribution is -0.136. The number of nitrogens with one attached hydrogen (secondary N) is 2. The molecule has 0 aliphatic carbocycles. The summed E-state index contributed by atoms with van der Waals surface area (Å²) in [6, 6.07) is 7.32. The van der Waals surface area contributed by atoms with Gasteiger partial charge in [0, 0.05) is 12.6 Å². The monoisotopic (exact) mass is 305 g/mol. The van der Waals surface area contributed by atoms with Gasteiger partial charge in [-0.1, -0.05) is 19.1 Å². The first-order valence-corrected chi connectivity index (χ1v) is 7.62. The molecule has 1 atom stereocenters. The highest BCUT2D eigenvalue weighted by Gasteiger charge is 2.24. The Morgan fingerprint density at radius 2 is 2.09 bits per heavy atom. The standard InChI is InChI=1S/C16H23N3O3/c1-3-19-10-6-7-12(19)11-17-15(20)16(21)18-13-8-4-5-9-14(13)22-2/h4-5,8-9,12H,3,6-7,10-11H2,1-2H3,(H,17,20)(H,18,21)/t12-/m1/s1. The summed E-state index contributed by atoms with van der Waals surface area (Å²) >= 11 is 0. The molecule has 22 heavy (non-hydrogen) atoms. The number of para-hydroxylation sites is 2. The molecule has 2 amide bonds. The first kappa shape index (κ1) is 16.3. The summed E-state index contributed by atoms with van der Waals surface area (Å²) in [6.07, 6.45) is 2.20. The second-order valence-corrected chi connectivity index (χ2v) is 5.29. The average Bonchev–Trinajstić information content (AvgIpc) is 3.00. The minimum absolute atomic E-state index is 0.327. The Morgan fingerprint density at radius 1 is 1.32 bits per heavy atom. The van der Waals surface area contributed by atoms with Gasteiger partial charge < -0.3 is 15.4 Å². The number of methoxy groups -OCH3 is 1. The van der Waals surface area contributed by atoms with Crippen molar-refractivity contribution in [1.82, 2.24) is 10.2 Å². The molecule has 0 saturated carbocycles. The number of likely N-dealkylation sites (N-methyl/N-ethyl adjacent to an activating group) is 1. The summed E-state index contributed by atoms with van der Waals surface area (Å²) in [5.74, 6) is -0.768. The third-order valence-electron chi connectivity index (χ3n) is 3.96. The van der Waals surface area contributed by atoms with E-state index < -0.39 is 11.8 Å². The fourth-order valence-corrected chi connectivity index (χ4v) is 2.76. The molecule has 1 aliphatic heterocycles. The molecule has 1 aromatic rings. The first-order valence-electron chi connectivity index (χ1n) is 7.62. The number of nitrogens with zero attached hydrogens (tertiary/aromatic N) is 1. The second kappa shape index (κ2) is 7.79. The van der Waals surface area contributed by atoms with Crippen LogP contribution < -0.4 is 15.4 Å². The van der Waals surface area contributed by atoms with Crippen molar-refractivity contribution >= 4 is 17.5 Å². The molecule has 2 N–H and O–H groups in total. The summed E-state index contributed by atoms with van der Waals surface area (Å²) in [6.45, 7) is 4.64. The molecule has 0 bridgehead atoms. The summed E-state index contributed by atoms with van der Waals surface area (Å²) in [5.41, 5.74) is 0.487. The number of ether oxygens (including phenoxy) is 1. The van der Waals surface area contributed by atoms with Crippen LogP contribution in [0.3, 0.4) is 0 Å². The first-order chi connectivity index (χ1) is 10.7. The van der Waals surface area contributed by atoms with Crippen molar-refractivity contribution in [3.05, 3.63) is 24.3 Å². The molecule has 120 valence electrons. The largest absolute Gasteiger partial charge is 0.495 e. The summed E-state index contributed by atoms with van der Waals surface area (Å²) in [5, 5.41) is 5.29.